The highest BCUT2D eigenvalue weighted by molar-refractivity contribution is 6.74. The molecule has 47 heavy (non-hydrogen) atoms. The Balaban J connectivity index is 2.27. The van der Waals surface area contributed by atoms with Crippen LogP contribution in [0.2, 0.25) is 36.3 Å². The minimum absolute atomic E-state index is 0.173. The van der Waals surface area contributed by atoms with E-state index in [9.17, 15) is 19.2 Å². The van der Waals surface area contributed by atoms with E-state index in [0.29, 0.717) is 6.42 Å². The van der Waals surface area contributed by atoms with Crippen molar-refractivity contribution in [2.45, 2.75) is 140 Å². The van der Waals surface area contributed by atoms with Crippen LogP contribution in [0, 0.1) is 0 Å². The van der Waals surface area contributed by atoms with Gasteiger partial charge in [-0.15, -0.1) is 0 Å². The number of methoxy groups -OCH3 is 1. The summed E-state index contributed by atoms with van der Waals surface area (Å²) in [6.45, 7) is 22.4. The third-order valence-electron chi connectivity index (χ3n) is 9.96. The lowest BCUT2D eigenvalue weighted by molar-refractivity contribution is -0.154. The summed E-state index contributed by atoms with van der Waals surface area (Å²) in [5.41, 5.74) is 7.48. The number of aromatic amines is 1. The van der Waals surface area contributed by atoms with Crippen LogP contribution in [-0.2, 0) is 32.7 Å². The van der Waals surface area contributed by atoms with Crippen LogP contribution in [0.4, 0.5) is 0 Å². The summed E-state index contributed by atoms with van der Waals surface area (Å²) in [6, 6.07) is 0.0169. The molecule has 0 aliphatic carbocycles. The number of aromatic nitrogens is 2. The largest absolute Gasteiger partial charge is 0.467 e. The van der Waals surface area contributed by atoms with E-state index in [2.05, 4.69) is 82.7 Å². The Labute approximate surface area is 278 Å². The standard InChI is InChI=1S/C30H52N6O9Si2/c1-18(37)36-20(14-13-16-32-34-31)42-22(21(36)27(39)41-8)23-24(44-46(9,10)29(2,3)4)25(45-47(11,12)30(5,6)7)26(43-23)35-17-15-19(38)33-28(35)40/h15,17,20-26H,13-14,16H2,1-12H3,(H,33,38,40)/t20-,21+,22+,23-,24-,25-,26-/m1/s1. The number of esters is 1. The zero-order valence-electron chi connectivity index (χ0n) is 29.7. The van der Waals surface area contributed by atoms with Gasteiger partial charge < -0.3 is 28.0 Å². The van der Waals surface area contributed by atoms with Crippen LogP contribution in [0.3, 0.4) is 0 Å². The second kappa shape index (κ2) is 14.4. The zero-order chi connectivity index (χ0) is 35.7. The van der Waals surface area contributed by atoms with Crippen LogP contribution in [0.5, 0.6) is 0 Å². The lowest BCUT2D eigenvalue weighted by Gasteiger charge is -2.44. The van der Waals surface area contributed by atoms with Crippen LogP contribution in [0.1, 0.15) is 67.5 Å². The van der Waals surface area contributed by atoms with Crippen molar-refractivity contribution >= 4 is 28.5 Å². The maximum Gasteiger partial charge on any atom is 0.331 e. The van der Waals surface area contributed by atoms with Crippen molar-refractivity contribution in [3.63, 3.8) is 0 Å². The fraction of sp³-hybridized carbons (Fsp3) is 0.800. The predicted molar refractivity (Wildman–Crippen MR) is 180 cm³/mol. The minimum Gasteiger partial charge on any atom is -0.467 e. The van der Waals surface area contributed by atoms with Crippen LogP contribution in [-0.4, -0.2) is 93.3 Å². The molecule has 1 amide bonds. The van der Waals surface area contributed by atoms with Gasteiger partial charge >= 0.3 is 11.7 Å². The molecule has 2 aliphatic heterocycles. The number of carbonyl (C=O) groups excluding carboxylic acids is 2. The molecule has 264 valence electrons. The van der Waals surface area contributed by atoms with Crippen molar-refractivity contribution in [3.05, 3.63) is 43.5 Å². The number of ether oxygens (including phenoxy) is 3. The topological polar surface area (TPSA) is 187 Å². The lowest BCUT2D eigenvalue weighted by atomic mass is 9.99. The summed E-state index contributed by atoms with van der Waals surface area (Å²) >= 11 is 0. The first-order valence-electron chi connectivity index (χ1n) is 15.9. The number of azide groups is 1. The Kier molecular flexibility index (Phi) is 11.8. The third kappa shape index (κ3) is 8.27. The van der Waals surface area contributed by atoms with E-state index in [4.69, 9.17) is 28.6 Å². The number of nitrogens with one attached hydrogen (secondary N) is 1. The second-order valence-electron chi connectivity index (χ2n) is 15.2. The molecule has 15 nitrogen and oxygen atoms in total. The molecule has 1 aromatic heterocycles. The van der Waals surface area contributed by atoms with Crippen LogP contribution < -0.4 is 11.2 Å². The summed E-state index contributed by atoms with van der Waals surface area (Å²) < 4.78 is 33.9. The molecule has 1 N–H and O–H groups in total. The second-order valence-corrected chi connectivity index (χ2v) is 24.8. The molecule has 0 unspecified atom stereocenters. The summed E-state index contributed by atoms with van der Waals surface area (Å²) in [5, 5.41) is 3.09. The summed E-state index contributed by atoms with van der Waals surface area (Å²) in [6.07, 6.45) is -3.75. The van der Waals surface area contributed by atoms with Crippen molar-refractivity contribution in [1.82, 2.24) is 14.5 Å². The first-order valence-corrected chi connectivity index (χ1v) is 21.7. The molecule has 0 aromatic carbocycles. The smallest absolute Gasteiger partial charge is 0.331 e. The molecule has 0 spiro atoms. The highest BCUT2D eigenvalue weighted by Crippen LogP contribution is 2.47. The van der Waals surface area contributed by atoms with Crippen molar-refractivity contribution in [2.24, 2.45) is 5.11 Å². The predicted octanol–water partition coefficient (Wildman–Crippen LogP) is 4.42. The molecule has 3 rings (SSSR count). The fourth-order valence-corrected chi connectivity index (χ4v) is 7.93. The van der Waals surface area contributed by atoms with Crippen LogP contribution >= 0.6 is 0 Å². The maximum atomic E-state index is 13.5. The first-order chi connectivity index (χ1) is 21.6. The monoisotopic (exact) mass is 696 g/mol. The number of hydrogen-bond acceptors (Lipinski definition) is 10. The molecule has 2 saturated heterocycles. The Hall–Kier alpha value is -2.80. The number of hydrogen-bond donors (Lipinski definition) is 1. The van der Waals surface area contributed by atoms with E-state index in [1.807, 2.05) is 0 Å². The molecule has 2 fully saturated rings. The summed E-state index contributed by atoms with van der Waals surface area (Å²) in [4.78, 5) is 58.3. The Bertz CT molecular complexity index is 1460. The average Bonchev–Trinajstić information content (AvgIpc) is 3.47. The van der Waals surface area contributed by atoms with Gasteiger partial charge in [-0.1, -0.05) is 46.7 Å². The van der Waals surface area contributed by atoms with Crippen molar-refractivity contribution in [3.8, 4) is 0 Å². The van der Waals surface area contributed by atoms with Crippen molar-refractivity contribution in [1.29, 1.82) is 0 Å². The maximum absolute atomic E-state index is 13.5. The van der Waals surface area contributed by atoms with Gasteiger partial charge in [-0.05, 0) is 54.6 Å². The normalized spacial score (nSPS) is 27.1. The van der Waals surface area contributed by atoms with Crippen molar-refractivity contribution < 1.29 is 32.7 Å². The number of nitrogens with zero attached hydrogens (tertiary/aromatic N) is 5. The SMILES string of the molecule is COC(=O)[C@@H]1[C@@H]([C@H]2O[C@@H](n3ccc(=O)[nH]c3=O)[C@H](O[Si](C)(C)C(C)(C)C)[C@@H]2O[Si](C)(C)C(C)(C)C)O[C@H](CCCN=[N+]=[N-])N1C(C)=O. The fourth-order valence-electron chi connectivity index (χ4n) is 5.35. The van der Waals surface area contributed by atoms with Gasteiger partial charge in [0.15, 0.2) is 28.9 Å². The molecule has 1 aromatic rings. The average molecular weight is 697 g/mol. The molecule has 7 atom stereocenters. The molecule has 3 heterocycles. The highest BCUT2D eigenvalue weighted by atomic mass is 28.4. The van der Waals surface area contributed by atoms with Gasteiger partial charge in [0.05, 0.1) is 7.11 Å². The molecule has 2 aliphatic rings. The van der Waals surface area contributed by atoms with Gasteiger partial charge in [-0.2, -0.15) is 0 Å². The van der Waals surface area contributed by atoms with Gasteiger partial charge in [0.2, 0.25) is 5.91 Å². The van der Waals surface area contributed by atoms with E-state index in [0.717, 1.165) is 0 Å². The van der Waals surface area contributed by atoms with E-state index < -0.39 is 82.7 Å². The van der Waals surface area contributed by atoms with Gasteiger partial charge in [-0.3, -0.25) is 19.1 Å². The van der Waals surface area contributed by atoms with Gasteiger partial charge in [-0.25, -0.2) is 9.59 Å². The zero-order valence-corrected chi connectivity index (χ0v) is 31.7. The third-order valence-corrected chi connectivity index (χ3v) is 18.9. The van der Waals surface area contributed by atoms with E-state index in [1.54, 1.807) is 0 Å². The minimum atomic E-state index is -2.61. The van der Waals surface area contributed by atoms with Gasteiger partial charge in [0.25, 0.3) is 5.56 Å². The number of amides is 1. The van der Waals surface area contributed by atoms with E-state index >= 15 is 0 Å². The van der Waals surface area contributed by atoms with Crippen LogP contribution in [0.25, 0.3) is 10.4 Å². The van der Waals surface area contributed by atoms with Gasteiger partial charge in [0, 0.05) is 30.6 Å². The Morgan fingerprint density at radius 2 is 1.57 bits per heavy atom. The first kappa shape index (κ1) is 38.6. The lowest BCUT2D eigenvalue weighted by Crippen LogP contribution is -2.57. The number of rotatable bonds is 11. The number of carbonyl (C=O) groups is 2. The van der Waals surface area contributed by atoms with Crippen LogP contribution in [0.15, 0.2) is 27.0 Å². The summed E-state index contributed by atoms with van der Waals surface area (Å²) in [7, 11) is -3.97. The molecule has 0 saturated carbocycles. The molecular weight excluding hydrogens is 645 g/mol. The molecular formula is C30H52N6O9Si2. The Morgan fingerprint density at radius 1 is 1.00 bits per heavy atom. The van der Waals surface area contributed by atoms with E-state index in [-0.39, 0.29) is 23.0 Å². The quantitative estimate of drug-likeness (QED) is 0.0873. The van der Waals surface area contributed by atoms with E-state index in [1.165, 1.54) is 35.8 Å². The molecule has 0 radical (unpaired) electrons. The van der Waals surface area contributed by atoms with Crippen molar-refractivity contribution in [2.75, 3.05) is 13.7 Å². The summed E-state index contributed by atoms with van der Waals surface area (Å²) in [5.74, 6) is -1.12. The Morgan fingerprint density at radius 3 is 2.06 bits per heavy atom. The molecule has 0 bridgehead atoms. The molecule has 17 heteroatoms. The number of H-pyrrole nitrogens is 1. The van der Waals surface area contributed by atoms with Gasteiger partial charge in [0.1, 0.15) is 30.6 Å². The highest BCUT2D eigenvalue weighted by Gasteiger charge is 2.61.